The van der Waals surface area contributed by atoms with E-state index < -0.39 is 23.6 Å². The van der Waals surface area contributed by atoms with Gasteiger partial charge in [0.25, 0.3) is 0 Å². The van der Waals surface area contributed by atoms with Crippen molar-refractivity contribution < 1.29 is 18.3 Å². The number of carbonyl (C=O) groups is 1. The first-order valence-corrected chi connectivity index (χ1v) is 8.77. The van der Waals surface area contributed by atoms with E-state index in [1.807, 2.05) is 0 Å². The summed E-state index contributed by atoms with van der Waals surface area (Å²) in [5, 5.41) is 2.78. The molecule has 29 heavy (non-hydrogen) atoms. The average Bonchev–Trinajstić information content (AvgIpc) is 3.02. The third kappa shape index (κ3) is 3.78. The number of benzene rings is 1. The molecular formula is C22H15F2N3O2. The second-order valence-electron chi connectivity index (χ2n) is 6.73. The van der Waals surface area contributed by atoms with E-state index in [2.05, 4.69) is 27.1 Å². The zero-order chi connectivity index (χ0) is 20.4. The quantitative estimate of drug-likeness (QED) is 0.674. The van der Waals surface area contributed by atoms with Crippen LogP contribution < -0.4 is 5.32 Å². The lowest BCUT2D eigenvalue weighted by Gasteiger charge is -2.29. The van der Waals surface area contributed by atoms with Gasteiger partial charge in [-0.1, -0.05) is 24.0 Å². The van der Waals surface area contributed by atoms with Gasteiger partial charge >= 0.3 is 6.09 Å². The van der Waals surface area contributed by atoms with E-state index in [0.29, 0.717) is 22.3 Å². The van der Waals surface area contributed by atoms with Crippen LogP contribution in [-0.4, -0.2) is 16.1 Å². The van der Waals surface area contributed by atoms with Gasteiger partial charge in [-0.15, -0.1) is 0 Å². The smallest absolute Gasteiger partial charge is 0.408 e. The Hall–Kier alpha value is -3.79. The van der Waals surface area contributed by atoms with Gasteiger partial charge in [0.05, 0.1) is 6.20 Å². The highest BCUT2D eigenvalue weighted by Crippen LogP contribution is 2.42. The van der Waals surface area contributed by atoms with Gasteiger partial charge in [0.1, 0.15) is 17.7 Å². The maximum Gasteiger partial charge on any atom is 0.408 e. The van der Waals surface area contributed by atoms with Gasteiger partial charge in [-0.3, -0.25) is 9.97 Å². The number of carbonyl (C=O) groups excluding carboxylic acids is 1. The van der Waals surface area contributed by atoms with Crippen molar-refractivity contribution in [2.45, 2.75) is 18.6 Å². The number of alkyl carbamates (subject to hydrolysis) is 1. The van der Waals surface area contributed by atoms with Gasteiger partial charge in [-0.05, 0) is 42.3 Å². The van der Waals surface area contributed by atoms with Crippen LogP contribution in [0.2, 0.25) is 0 Å². The van der Waals surface area contributed by atoms with Crippen LogP contribution in [0.1, 0.15) is 35.2 Å². The number of amides is 1. The molecule has 0 aliphatic carbocycles. The highest BCUT2D eigenvalue weighted by atomic mass is 19.1. The molecule has 1 saturated heterocycles. The Morgan fingerprint density at radius 1 is 0.966 bits per heavy atom. The molecule has 0 bridgehead atoms. The SMILES string of the molecule is C[C@@]1(c2ccc(F)cc2)OC(=O)N[C@H]1c1cncc(C#Cc2cncc(F)c2)c1. The molecule has 1 amide bonds. The van der Waals surface area contributed by atoms with Crippen molar-refractivity contribution in [3.63, 3.8) is 0 Å². The first kappa shape index (κ1) is 18.6. The molecule has 0 saturated carbocycles. The van der Waals surface area contributed by atoms with Gasteiger partial charge in [0.15, 0.2) is 5.60 Å². The number of cyclic esters (lactones) is 1. The lowest BCUT2D eigenvalue weighted by molar-refractivity contribution is 0.0493. The van der Waals surface area contributed by atoms with Gasteiger partial charge < -0.3 is 10.1 Å². The number of halogens is 2. The van der Waals surface area contributed by atoms with Crippen molar-refractivity contribution in [2.75, 3.05) is 0 Å². The van der Waals surface area contributed by atoms with Crippen LogP contribution in [0.4, 0.5) is 13.6 Å². The number of hydrogen-bond donors (Lipinski definition) is 1. The molecule has 4 rings (SSSR count). The molecule has 2 aromatic heterocycles. The van der Waals surface area contributed by atoms with Crippen molar-refractivity contribution in [2.24, 2.45) is 0 Å². The maximum atomic E-state index is 13.3. The molecule has 2 atom stereocenters. The highest BCUT2D eigenvalue weighted by Gasteiger charge is 2.47. The zero-order valence-corrected chi connectivity index (χ0v) is 15.3. The minimum atomic E-state index is -1.05. The predicted octanol–water partition coefficient (Wildman–Crippen LogP) is 3.85. The molecule has 0 unspecified atom stereocenters. The number of ether oxygens (including phenoxy) is 1. The van der Waals surface area contributed by atoms with Crippen molar-refractivity contribution >= 4 is 6.09 Å². The van der Waals surface area contributed by atoms with E-state index in [0.717, 1.165) is 6.20 Å². The Labute approximate surface area is 165 Å². The minimum absolute atomic E-state index is 0.378. The van der Waals surface area contributed by atoms with Crippen LogP contribution >= 0.6 is 0 Å². The molecule has 0 spiro atoms. The second kappa shape index (κ2) is 7.32. The van der Waals surface area contributed by atoms with Gasteiger partial charge in [0, 0.05) is 29.7 Å². The van der Waals surface area contributed by atoms with Gasteiger partial charge in [-0.2, -0.15) is 0 Å². The van der Waals surface area contributed by atoms with Crippen LogP contribution in [0.15, 0.2) is 61.2 Å². The Bertz CT molecular complexity index is 1140. The number of rotatable bonds is 2. The normalized spacial score (nSPS) is 20.4. The lowest BCUT2D eigenvalue weighted by atomic mass is 9.85. The Balaban J connectivity index is 1.68. The van der Waals surface area contributed by atoms with E-state index in [9.17, 15) is 13.6 Å². The third-order valence-electron chi connectivity index (χ3n) is 4.68. The summed E-state index contributed by atoms with van der Waals surface area (Å²) < 4.78 is 32.1. The zero-order valence-electron chi connectivity index (χ0n) is 15.3. The topological polar surface area (TPSA) is 64.1 Å². The molecule has 3 aromatic rings. The molecule has 7 heteroatoms. The number of pyridine rings is 2. The minimum Gasteiger partial charge on any atom is -0.436 e. The fraction of sp³-hybridized carbons (Fsp3) is 0.136. The number of aromatic nitrogens is 2. The van der Waals surface area contributed by atoms with Gasteiger partial charge in [-0.25, -0.2) is 13.6 Å². The molecule has 1 aromatic carbocycles. The van der Waals surface area contributed by atoms with Crippen LogP contribution in [-0.2, 0) is 10.3 Å². The van der Waals surface area contributed by atoms with Crippen molar-refractivity contribution in [1.82, 2.24) is 15.3 Å². The lowest BCUT2D eigenvalue weighted by Crippen LogP contribution is -2.31. The van der Waals surface area contributed by atoms with Crippen LogP contribution in [0.5, 0.6) is 0 Å². The summed E-state index contributed by atoms with van der Waals surface area (Å²) in [6, 6.07) is 8.30. The second-order valence-corrected chi connectivity index (χ2v) is 6.73. The fourth-order valence-electron chi connectivity index (χ4n) is 3.25. The summed E-state index contributed by atoms with van der Waals surface area (Å²) in [7, 11) is 0. The standard InChI is InChI=1S/C22H15F2N3O2/c1-22(17-4-6-18(23)7-5-17)20(27-21(28)29-22)16-8-14(10-25-12-16)2-3-15-9-19(24)13-26-11-15/h4-13,20H,1H3,(H,27,28)/t20-,22-/m0/s1. The largest absolute Gasteiger partial charge is 0.436 e. The average molecular weight is 391 g/mol. The molecule has 3 heterocycles. The summed E-state index contributed by atoms with van der Waals surface area (Å²) in [5.74, 6) is 4.90. The molecule has 144 valence electrons. The summed E-state index contributed by atoms with van der Waals surface area (Å²) >= 11 is 0. The van der Waals surface area contributed by atoms with Crippen molar-refractivity contribution in [3.05, 3.63) is 95.1 Å². The predicted molar refractivity (Wildman–Crippen MR) is 101 cm³/mol. The molecule has 1 N–H and O–H groups in total. The van der Waals surface area contributed by atoms with E-state index in [1.54, 1.807) is 37.5 Å². The van der Waals surface area contributed by atoms with Crippen LogP contribution in [0.25, 0.3) is 0 Å². The number of nitrogens with one attached hydrogen (secondary N) is 1. The first-order chi connectivity index (χ1) is 13.9. The van der Waals surface area contributed by atoms with Crippen molar-refractivity contribution in [3.8, 4) is 11.8 Å². The summed E-state index contributed by atoms with van der Waals surface area (Å²) in [4.78, 5) is 20.0. The van der Waals surface area contributed by atoms with E-state index in [1.165, 1.54) is 24.4 Å². The monoisotopic (exact) mass is 391 g/mol. The highest BCUT2D eigenvalue weighted by molar-refractivity contribution is 5.72. The van der Waals surface area contributed by atoms with E-state index in [-0.39, 0.29) is 5.82 Å². The van der Waals surface area contributed by atoms with E-state index in [4.69, 9.17) is 4.74 Å². The van der Waals surface area contributed by atoms with Crippen LogP contribution in [0, 0.1) is 23.5 Å². The van der Waals surface area contributed by atoms with Crippen molar-refractivity contribution in [1.29, 1.82) is 0 Å². The molecule has 0 radical (unpaired) electrons. The summed E-state index contributed by atoms with van der Waals surface area (Å²) in [5.41, 5.74) is 1.28. The summed E-state index contributed by atoms with van der Waals surface area (Å²) in [6.07, 6.45) is 5.16. The molecule has 1 aliphatic rings. The molecular weight excluding hydrogens is 376 g/mol. The van der Waals surface area contributed by atoms with Gasteiger partial charge in [0.2, 0.25) is 0 Å². The Kier molecular flexibility index (Phi) is 4.69. The third-order valence-corrected chi connectivity index (χ3v) is 4.68. The Morgan fingerprint density at radius 2 is 1.62 bits per heavy atom. The number of hydrogen-bond acceptors (Lipinski definition) is 4. The maximum absolute atomic E-state index is 13.3. The van der Waals surface area contributed by atoms with Crippen LogP contribution in [0.3, 0.4) is 0 Å². The molecule has 1 fully saturated rings. The van der Waals surface area contributed by atoms with E-state index >= 15 is 0 Å². The first-order valence-electron chi connectivity index (χ1n) is 8.77. The molecule has 1 aliphatic heterocycles. The number of nitrogens with zero attached hydrogens (tertiary/aromatic N) is 2. The summed E-state index contributed by atoms with van der Waals surface area (Å²) in [6.45, 7) is 1.75. The molecule has 5 nitrogen and oxygen atoms in total. The Morgan fingerprint density at radius 3 is 2.31 bits per heavy atom. The fourth-order valence-corrected chi connectivity index (χ4v) is 3.25.